The van der Waals surface area contributed by atoms with Crippen molar-refractivity contribution in [1.29, 1.82) is 0 Å². The number of hydrogen-bond donors (Lipinski definition) is 1. The first-order valence-corrected chi connectivity index (χ1v) is 7.96. The van der Waals surface area contributed by atoms with Crippen LogP contribution < -0.4 is 5.32 Å². The molecule has 21 heavy (non-hydrogen) atoms. The molecule has 0 amide bonds. The quantitative estimate of drug-likeness (QED) is 0.758. The lowest BCUT2D eigenvalue weighted by molar-refractivity contribution is 0.494. The molecular formula is C20H27N. The summed E-state index contributed by atoms with van der Waals surface area (Å²) < 4.78 is 0. The largest absolute Gasteiger partial charge is 0.304 e. The monoisotopic (exact) mass is 281 g/mol. The van der Waals surface area contributed by atoms with Gasteiger partial charge in [-0.15, -0.1) is 0 Å². The van der Waals surface area contributed by atoms with Crippen molar-refractivity contribution in [2.24, 2.45) is 5.92 Å². The molecule has 2 atom stereocenters. The number of hydrogen-bond acceptors (Lipinski definition) is 1. The Morgan fingerprint density at radius 3 is 1.76 bits per heavy atom. The van der Waals surface area contributed by atoms with Crippen molar-refractivity contribution in [2.75, 3.05) is 0 Å². The zero-order chi connectivity index (χ0) is 15.2. The highest BCUT2D eigenvalue weighted by molar-refractivity contribution is 5.26. The molecule has 0 fully saturated rings. The number of rotatable bonds is 6. The van der Waals surface area contributed by atoms with Crippen molar-refractivity contribution >= 4 is 0 Å². The highest BCUT2D eigenvalue weighted by Crippen LogP contribution is 2.20. The van der Waals surface area contributed by atoms with Gasteiger partial charge >= 0.3 is 0 Å². The minimum absolute atomic E-state index is 0.355. The lowest BCUT2D eigenvalue weighted by atomic mass is 9.99. The molecule has 1 N–H and O–H groups in total. The molecule has 1 nitrogen and oxygen atoms in total. The Morgan fingerprint density at radius 1 is 0.714 bits per heavy atom. The van der Waals surface area contributed by atoms with E-state index in [9.17, 15) is 0 Å². The van der Waals surface area contributed by atoms with Gasteiger partial charge in [-0.1, -0.05) is 68.4 Å². The first kappa shape index (κ1) is 15.8. The third-order valence-corrected chi connectivity index (χ3v) is 3.92. The molecule has 0 spiro atoms. The predicted octanol–water partition coefficient (Wildman–Crippen LogP) is 5.30. The van der Waals surface area contributed by atoms with Crippen LogP contribution in [-0.2, 0) is 6.42 Å². The number of benzene rings is 2. The lowest BCUT2D eigenvalue weighted by Gasteiger charge is -2.21. The summed E-state index contributed by atoms with van der Waals surface area (Å²) in [5, 5.41) is 3.67. The van der Waals surface area contributed by atoms with Crippen molar-refractivity contribution in [2.45, 2.75) is 46.2 Å². The van der Waals surface area contributed by atoms with E-state index < -0.39 is 0 Å². The van der Waals surface area contributed by atoms with E-state index in [1.54, 1.807) is 0 Å². The highest BCUT2D eigenvalue weighted by Gasteiger charge is 2.10. The van der Waals surface area contributed by atoms with E-state index in [-0.39, 0.29) is 0 Å². The normalized spacial score (nSPS) is 14.1. The first-order chi connectivity index (χ1) is 10.1. The SMILES string of the molecule is CC(C)Cc1ccc(C(C)N[C@@H](C)c2ccccc2)cc1. The fourth-order valence-electron chi connectivity index (χ4n) is 2.72. The van der Waals surface area contributed by atoms with Gasteiger partial charge in [-0.25, -0.2) is 0 Å². The van der Waals surface area contributed by atoms with E-state index in [1.165, 1.54) is 16.7 Å². The minimum Gasteiger partial charge on any atom is -0.304 e. The van der Waals surface area contributed by atoms with Gasteiger partial charge in [0.15, 0.2) is 0 Å². The van der Waals surface area contributed by atoms with Crippen molar-refractivity contribution in [3.05, 3.63) is 71.3 Å². The zero-order valence-corrected chi connectivity index (χ0v) is 13.6. The van der Waals surface area contributed by atoms with Gasteiger partial charge < -0.3 is 5.32 Å². The van der Waals surface area contributed by atoms with Crippen LogP contribution in [0.1, 0.15) is 56.5 Å². The topological polar surface area (TPSA) is 12.0 Å². The predicted molar refractivity (Wildman–Crippen MR) is 91.4 cm³/mol. The molecular weight excluding hydrogens is 254 g/mol. The van der Waals surface area contributed by atoms with Crippen LogP contribution in [-0.4, -0.2) is 0 Å². The maximum Gasteiger partial charge on any atom is 0.0297 e. The molecule has 0 aromatic heterocycles. The fraction of sp³-hybridized carbons (Fsp3) is 0.400. The molecule has 0 saturated carbocycles. The molecule has 0 aliphatic carbocycles. The summed E-state index contributed by atoms with van der Waals surface area (Å²) >= 11 is 0. The van der Waals surface area contributed by atoms with Crippen LogP contribution >= 0.6 is 0 Å². The van der Waals surface area contributed by atoms with Gasteiger partial charge in [0, 0.05) is 12.1 Å². The fourth-order valence-corrected chi connectivity index (χ4v) is 2.72. The molecule has 0 aliphatic heterocycles. The minimum atomic E-state index is 0.355. The molecule has 0 heterocycles. The molecule has 2 aromatic rings. The molecule has 1 heteroatoms. The van der Waals surface area contributed by atoms with E-state index in [1.807, 2.05) is 0 Å². The summed E-state index contributed by atoms with van der Waals surface area (Å²) in [6.07, 6.45) is 1.16. The molecule has 2 rings (SSSR count). The van der Waals surface area contributed by atoms with Gasteiger partial charge in [-0.05, 0) is 42.9 Å². The van der Waals surface area contributed by atoms with Gasteiger partial charge in [0.05, 0.1) is 0 Å². The second-order valence-electron chi connectivity index (χ2n) is 6.36. The lowest BCUT2D eigenvalue weighted by Crippen LogP contribution is -2.22. The average molecular weight is 281 g/mol. The Hall–Kier alpha value is -1.60. The highest BCUT2D eigenvalue weighted by atomic mass is 14.9. The van der Waals surface area contributed by atoms with Crippen LogP contribution in [0.15, 0.2) is 54.6 Å². The van der Waals surface area contributed by atoms with Crippen molar-refractivity contribution < 1.29 is 0 Å². The van der Waals surface area contributed by atoms with Gasteiger partial charge in [0.1, 0.15) is 0 Å². The summed E-state index contributed by atoms with van der Waals surface area (Å²) in [4.78, 5) is 0. The smallest absolute Gasteiger partial charge is 0.0297 e. The van der Waals surface area contributed by atoms with Crippen LogP contribution in [0.5, 0.6) is 0 Å². The van der Waals surface area contributed by atoms with E-state index in [4.69, 9.17) is 0 Å². The summed E-state index contributed by atoms with van der Waals surface area (Å²) in [7, 11) is 0. The summed E-state index contributed by atoms with van der Waals surface area (Å²) in [6.45, 7) is 8.98. The molecule has 1 unspecified atom stereocenters. The standard InChI is InChI=1S/C20H27N/c1-15(2)14-18-10-12-20(13-11-18)17(4)21-16(3)19-8-6-5-7-9-19/h5-13,15-17,21H,14H2,1-4H3/t16-,17?/m0/s1. The van der Waals surface area contributed by atoms with Crippen molar-refractivity contribution in [3.63, 3.8) is 0 Å². The van der Waals surface area contributed by atoms with Gasteiger partial charge in [-0.3, -0.25) is 0 Å². The Morgan fingerprint density at radius 2 is 1.24 bits per heavy atom. The van der Waals surface area contributed by atoms with Crippen LogP contribution in [0.4, 0.5) is 0 Å². The van der Waals surface area contributed by atoms with Crippen LogP contribution in [0.25, 0.3) is 0 Å². The van der Waals surface area contributed by atoms with Crippen molar-refractivity contribution in [1.82, 2.24) is 5.32 Å². The maximum absolute atomic E-state index is 3.67. The van der Waals surface area contributed by atoms with E-state index in [2.05, 4.69) is 87.6 Å². The molecule has 0 radical (unpaired) electrons. The third-order valence-electron chi connectivity index (χ3n) is 3.92. The zero-order valence-electron chi connectivity index (χ0n) is 13.6. The summed E-state index contributed by atoms with van der Waals surface area (Å²) in [6, 6.07) is 20.4. The summed E-state index contributed by atoms with van der Waals surface area (Å²) in [5.74, 6) is 0.713. The van der Waals surface area contributed by atoms with Gasteiger partial charge in [-0.2, -0.15) is 0 Å². The molecule has 2 aromatic carbocycles. The number of nitrogens with one attached hydrogen (secondary N) is 1. The van der Waals surface area contributed by atoms with Crippen LogP contribution in [0.3, 0.4) is 0 Å². The van der Waals surface area contributed by atoms with Gasteiger partial charge in [0.25, 0.3) is 0 Å². The van der Waals surface area contributed by atoms with Crippen molar-refractivity contribution in [3.8, 4) is 0 Å². The summed E-state index contributed by atoms with van der Waals surface area (Å²) in [5.41, 5.74) is 4.11. The average Bonchev–Trinajstić information content (AvgIpc) is 2.48. The maximum atomic E-state index is 3.67. The van der Waals surface area contributed by atoms with Crippen LogP contribution in [0, 0.1) is 5.92 Å². The molecule has 0 saturated heterocycles. The second-order valence-corrected chi connectivity index (χ2v) is 6.36. The van der Waals surface area contributed by atoms with E-state index in [0.29, 0.717) is 18.0 Å². The Balaban J connectivity index is 1.98. The molecule has 0 aliphatic rings. The van der Waals surface area contributed by atoms with Crippen LogP contribution in [0.2, 0.25) is 0 Å². The Kier molecular flexibility index (Phi) is 5.58. The Labute approximate surface area is 129 Å². The third kappa shape index (κ3) is 4.71. The molecule has 0 bridgehead atoms. The van der Waals surface area contributed by atoms with Gasteiger partial charge in [0.2, 0.25) is 0 Å². The van der Waals surface area contributed by atoms with E-state index in [0.717, 1.165) is 6.42 Å². The first-order valence-electron chi connectivity index (χ1n) is 7.96. The van der Waals surface area contributed by atoms with E-state index >= 15 is 0 Å². The second kappa shape index (κ2) is 7.42. The molecule has 112 valence electrons. The Bertz CT molecular complexity index is 528.